The Morgan fingerprint density at radius 3 is 1.62 bits per heavy atom. The van der Waals surface area contributed by atoms with E-state index in [4.69, 9.17) is 33.2 Å². The normalized spacial score (nSPS) is 11.1. The molecule has 0 spiro atoms. The maximum absolute atomic E-state index is 5.13. The number of nitrogens with zero attached hydrogens (tertiary/aromatic N) is 2. The summed E-state index contributed by atoms with van der Waals surface area (Å²) in [6.45, 7) is 0. The molecule has 0 saturated carbocycles. The van der Waals surface area contributed by atoms with Gasteiger partial charge < -0.3 is 4.98 Å². The van der Waals surface area contributed by atoms with Crippen molar-refractivity contribution < 1.29 is 14.2 Å². The van der Waals surface area contributed by atoms with Gasteiger partial charge in [-0.25, -0.2) is 0 Å². The van der Waals surface area contributed by atoms with Crippen molar-refractivity contribution in [3.05, 3.63) is 139 Å². The molecule has 0 N–H and O–H groups in total. The van der Waals surface area contributed by atoms with E-state index in [-0.39, 0.29) is 0 Å². The van der Waals surface area contributed by atoms with Crippen molar-refractivity contribution in [2.45, 2.75) is 0 Å². The number of hydrogen-bond donors (Lipinski definition) is 0. The van der Waals surface area contributed by atoms with Gasteiger partial charge in [0.05, 0.1) is 5.69 Å². The van der Waals surface area contributed by atoms with Crippen molar-refractivity contribution in [2.24, 2.45) is 4.99 Å². The topological polar surface area (TPSA) is 26.5 Å². The SMILES string of the molecule is C(=Nc1c(-c2ccccc2)cc(-c2ccccc2)cc1-c1ccccc1)c1cccc2cc[n-]c12.[Cl][W]([Cl])[Cl]. The number of rotatable bonds is 5. The third kappa shape index (κ3) is 6.90. The Hall–Kier alpha value is -3.13. The van der Waals surface area contributed by atoms with Crippen molar-refractivity contribution in [3.63, 3.8) is 0 Å². The second kappa shape index (κ2) is 13.3. The van der Waals surface area contributed by atoms with Crippen LogP contribution in [0.3, 0.4) is 0 Å². The Morgan fingerprint density at radius 2 is 1.08 bits per heavy atom. The third-order valence-corrected chi connectivity index (χ3v) is 6.28. The summed E-state index contributed by atoms with van der Waals surface area (Å²) < 4.78 is 0. The number of fused-ring (bicyclic) bond motifs is 1. The summed E-state index contributed by atoms with van der Waals surface area (Å²) in [5, 5.41) is 1.12. The van der Waals surface area contributed by atoms with Crippen LogP contribution >= 0.6 is 28.3 Å². The van der Waals surface area contributed by atoms with Crippen LogP contribution in [0, 0.1) is 0 Å². The first-order valence-corrected chi connectivity index (χ1v) is 23.1. The Bertz CT molecular complexity index is 1620. The third-order valence-electron chi connectivity index (χ3n) is 6.28. The summed E-state index contributed by atoms with van der Waals surface area (Å²) in [5.41, 5.74) is 9.76. The molecule has 0 amide bonds. The molecule has 0 atom stereocenters. The van der Waals surface area contributed by atoms with E-state index in [9.17, 15) is 0 Å². The molecule has 6 rings (SSSR count). The van der Waals surface area contributed by atoms with Gasteiger partial charge in [-0.3, -0.25) is 4.99 Å². The zero-order valence-electron chi connectivity index (χ0n) is 20.7. The average molecular weight is 738 g/mol. The van der Waals surface area contributed by atoms with Crippen molar-refractivity contribution in [1.29, 1.82) is 0 Å². The van der Waals surface area contributed by atoms with Gasteiger partial charge in [0.25, 0.3) is 0 Å². The fraction of sp³-hybridized carbons (Fsp3) is 0. The molecule has 0 saturated heterocycles. The molecule has 1 heterocycles. The summed E-state index contributed by atoms with van der Waals surface area (Å²) in [4.78, 5) is 9.68. The molecular weight excluding hydrogens is 715 g/mol. The zero-order valence-corrected chi connectivity index (χ0v) is 25.9. The molecule has 0 unspecified atom stereocenters. The van der Waals surface area contributed by atoms with Crippen LogP contribution in [-0.2, 0) is 14.2 Å². The molecule has 1 aromatic heterocycles. The first kappa shape index (κ1) is 27.4. The van der Waals surface area contributed by atoms with E-state index < -0.39 is 14.2 Å². The van der Waals surface area contributed by atoms with E-state index in [0.717, 1.165) is 44.4 Å². The molecule has 0 aliphatic carbocycles. The summed E-state index contributed by atoms with van der Waals surface area (Å²) in [6, 6.07) is 44.3. The summed E-state index contributed by atoms with van der Waals surface area (Å²) >= 11 is -2.11. The van der Waals surface area contributed by atoms with Crippen LogP contribution < -0.4 is 4.98 Å². The Morgan fingerprint density at radius 1 is 0.564 bits per heavy atom. The van der Waals surface area contributed by atoms with Crippen LogP contribution in [0.4, 0.5) is 5.69 Å². The predicted octanol–water partition coefficient (Wildman–Crippen LogP) is 10.6. The monoisotopic (exact) mass is 736 g/mol. The predicted molar refractivity (Wildman–Crippen MR) is 165 cm³/mol. The van der Waals surface area contributed by atoms with Gasteiger partial charge in [0.1, 0.15) is 0 Å². The van der Waals surface area contributed by atoms with Gasteiger partial charge in [0.2, 0.25) is 0 Å². The number of halogens is 3. The Kier molecular flexibility index (Phi) is 9.35. The van der Waals surface area contributed by atoms with Crippen LogP contribution in [0.5, 0.6) is 0 Å². The maximum atomic E-state index is 5.13. The molecule has 0 bridgehead atoms. The van der Waals surface area contributed by atoms with Crippen molar-refractivity contribution >= 4 is 51.1 Å². The minimum atomic E-state index is -2.11. The number of benzene rings is 5. The molecule has 5 aromatic carbocycles. The van der Waals surface area contributed by atoms with Crippen LogP contribution in [0.2, 0.25) is 0 Å². The Labute approximate surface area is 246 Å². The second-order valence-electron chi connectivity index (χ2n) is 8.68. The number of para-hydroxylation sites is 1. The van der Waals surface area contributed by atoms with Crippen LogP contribution in [0.1, 0.15) is 5.56 Å². The molecule has 6 aromatic rings. The molecule has 2 nitrogen and oxygen atoms in total. The van der Waals surface area contributed by atoms with Crippen LogP contribution in [0.25, 0.3) is 44.3 Å². The molecule has 0 radical (unpaired) electrons. The van der Waals surface area contributed by atoms with E-state index in [1.807, 2.05) is 30.6 Å². The number of aromatic nitrogens is 1. The first-order chi connectivity index (χ1) is 19.1. The Balaban J connectivity index is 0.000000723. The van der Waals surface area contributed by atoms with Crippen LogP contribution in [0.15, 0.2) is 139 Å². The fourth-order valence-corrected chi connectivity index (χ4v) is 4.54. The number of aliphatic imine (C=N–C) groups is 1. The van der Waals surface area contributed by atoms with E-state index in [1.165, 1.54) is 11.1 Å². The van der Waals surface area contributed by atoms with Gasteiger partial charge in [-0.2, -0.15) is 6.20 Å². The molecule has 193 valence electrons. The molecule has 0 aliphatic heterocycles. The molecule has 0 fully saturated rings. The van der Waals surface area contributed by atoms with Gasteiger partial charge in [0.15, 0.2) is 0 Å². The summed E-state index contributed by atoms with van der Waals surface area (Å²) in [5.74, 6) is 0. The van der Waals surface area contributed by atoms with Gasteiger partial charge in [-0.1, -0.05) is 115 Å². The van der Waals surface area contributed by atoms with Gasteiger partial charge >= 0.3 is 42.4 Å². The van der Waals surface area contributed by atoms with E-state index in [2.05, 4.69) is 114 Å². The summed E-state index contributed by atoms with van der Waals surface area (Å²) in [7, 11) is 15.0. The quantitative estimate of drug-likeness (QED) is 0.162. The second-order valence-corrected chi connectivity index (χ2v) is 21.4. The molecular formula is C33H23Cl3N2W-. The average Bonchev–Trinajstić information content (AvgIpc) is 3.47. The molecule has 0 aliphatic rings. The van der Waals surface area contributed by atoms with Gasteiger partial charge in [0, 0.05) is 17.3 Å². The van der Waals surface area contributed by atoms with Crippen molar-refractivity contribution in [3.8, 4) is 33.4 Å². The van der Waals surface area contributed by atoms with Gasteiger partial charge in [-0.15, -0.1) is 5.52 Å². The van der Waals surface area contributed by atoms with Crippen LogP contribution in [-0.4, -0.2) is 6.21 Å². The van der Waals surface area contributed by atoms with Crippen molar-refractivity contribution in [2.75, 3.05) is 0 Å². The van der Waals surface area contributed by atoms with Gasteiger partial charge in [-0.05, 0) is 45.3 Å². The zero-order chi connectivity index (χ0) is 27.0. The van der Waals surface area contributed by atoms with E-state index >= 15 is 0 Å². The first-order valence-electron chi connectivity index (χ1n) is 12.2. The minimum absolute atomic E-state index is 0.950. The standard InChI is InChI=1S/C33H23N2.3ClH.W/c1-4-11-24(12-5-1)29-21-30(25-13-6-2-7-14-25)33(31(22-29)26-15-8-3-9-16-26)35-23-28-18-10-17-27-19-20-34-32(27)28;;;;/h1-23H;3*1H;/q-1;;;;+3/p-3. The fourth-order valence-electron chi connectivity index (χ4n) is 4.54. The summed E-state index contributed by atoms with van der Waals surface area (Å²) in [6.07, 6.45) is 3.80. The molecule has 6 heteroatoms. The van der Waals surface area contributed by atoms with Crippen molar-refractivity contribution in [1.82, 2.24) is 4.98 Å². The number of hydrogen-bond acceptors (Lipinski definition) is 1. The van der Waals surface area contributed by atoms with E-state index in [0.29, 0.717) is 0 Å². The van der Waals surface area contributed by atoms with E-state index in [1.54, 1.807) is 0 Å². The molecule has 39 heavy (non-hydrogen) atoms.